The number of thiophene rings is 1. The van der Waals surface area contributed by atoms with Crippen molar-refractivity contribution in [2.24, 2.45) is 5.92 Å². The van der Waals surface area contributed by atoms with Crippen LogP contribution < -0.4 is 4.72 Å². The van der Waals surface area contributed by atoms with Gasteiger partial charge < -0.3 is 5.11 Å². The van der Waals surface area contributed by atoms with Crippen molar-refractivity contribution in [3.8, 4) is 0 Å². The lowest BCUT2D eigenvalue weighted by atomic mass is 9.83. The number of rotatable bonds is 6. The van der Waals surface area contributed by atoms with Crippen LogP contribution in [0.1, 0.15) is 30.6 Å². The smallest absolute Gasteiger partial charge is 0.241 e. The molecule has 0 aromatic carbocycles. The first-order chi connectivity index (χ1) is 8.13. The summed E-state index contributed by atoms with van der Waals surface area (Å²) in [6.07, 6.45) is 4.64. The second kappa shape index (κ2) is 5.48. The van der Waals surface area contributed by atoms with E-state index in [4.69, 9.17) is 5.11 Å². The van der Waals surface area contributed by atoms with Gasteiger partial charge in [-0.25, -0.2) is 13.1 Å². The van der Waals surface area contributed by atoms with Gasteiger partial charge in [0.1, 0.15) is 0 Å². The van der Waals surface area contributed by atoms with E-state index in [-0.39, 0.29) is 11.5 Å². The maximum absolute atomic E-state index is 11.9. The third-order valence-electron chi connectivity index (χ3n) is 3.21. The van der Waals surface area contributed by atoms with Gasteiger partial charge in [0, 0.05) is 11.4 Å². The molecule has 2 N–H and O–H groups in total. The highest BCUT2D eigenvalue weighted by atomic mass is 32.2. The third kappa shape index (κ3) is 3.07. The Morgan fingerprint density at radius 1 is 1.47 bits per heavy atom. The van der Waals surface area contributed by atoms with Gasteiger partial charge in [0.15, 0.2) is 0 Å². The maximum atomic E-state index is 11.9. The van der Waals surface area contributed by atoms with Crippen LogP contribution in [0.3, 0.4) is 0 Å². The molecule has 6 heteroatoms. The molecule has 0 atom stereocenters. The molecule has 0 bridgehead atoms. The molecular formula is C11H17NO3S2. The molecule has 0 spiro atoms. The van der Waals surface area contributed by atoms with E-state index in [9.17, 15) is 8.42 Å². The maximum Gasteiger partial charge on any atom is 0.241 e. The van der Waals surface area contributed by atoms with Crippen molar-refractivity contribution < 1.29 is 13.5 Å². The van der Waals surface area contributed by atoms with Crippen LogP contribution >= 0.6 is 11.3 Å². The minimum absolute atomic E-state index is 0.221. The minimum Gasteiger partial charge on any atom is -0.391 e. The molecule has 0 aliphatic heterocycles. The van der Waals surface area contributed by atoms with E-state index in [0.29, 0.717) is 17.3 Å². The van der Waals surface area contributed by atoms with Crippen molar-refractivity contribution in [1.29, 1.82) is 0 Å². The molecule has 2 rings (SSSR count). The van der Waals surface area contributed by atoms with Gasteiger partial charge in [-0.15, -0.1) is 11.3 Å². The van der Waals surface area contributed by atoms with Crippen LogP contribution in [0.5, 0.6) is 0 Å². The predicted octanol–water partition coefficient (Wildman–Crippen LogP) is 1.71. The highest BCUT2D eigenvalue weighted by Gasteiger charge is 2.21. The Balaban J connectivity index is 1.93. The van der Waals surface area contributed by atoms with Crippen molar-refractivity contribution >= 4 is 21.4 Å². The number of nitrogens with one attached hydrogen (secondary N) is 1. The molecule has 0 radical (unpaired) electrons. The molecule has 17 heavy (non-hydrogen) atoms. The average Bonchev–Trinajstić information content (AvgIpc) is 2.70. The van der Waals surface area contributed by atoms with E-state index in [1.807, 2.05) is 0 Å². The lowest BCUT2D eigenvalue weighted by Gasteiger charge is -2.25. The molecule has 0 saturated heterocycles. The summed E-state index contributed by atoms with van der Waals surface area (Å²) >= 11 is 1.26. The van der Waals surface area contributed by atoms with Crippen LogP contribution in [0.15, 0.2) is 16.3 Å². The Kier molecular flexibility index (Phi) is 4.19. The van der Waals surface area contributed by atoms with Crippen molar-refractivity contribution in [3.63, 3.8) is 0 Å². The zero-order valence-corrected chi connectivity index (χ0v) is 11.2. The van der Waals surface area contributed by atoms with Crippen LogP contribution in [0.25, 0.3) is 0 Å². The summed E-state index contributed by atoms with van der Waals surface area (Å²) in [5.41, 5.74) is 0. The van der Waals surface area contributed by atoms with Crippen molar-refractivity contribution in [3.05, 3.63) is 16.3 Å². The van der Waals surface area contributed by atoms with Gasteiger partial charge in [-0.2, -0.15) is 0 Å². The van der Waals surface area contributed by atoms with E-state index in [0.717, 1.165) is 6.42 Å². The van der Waals surface area contributed by atoms with Gasteiger partial charge >= 0.3 is 0 Å². The molecule has 0 unspecified atom stereocenters. The van der Waals surface area contributed by atoms with Crippen molar-refractivity contribution in [2.45, 2.75) is 37.2 Å². The highest BCUT2D eigenvalue weighted by molar-refractivity contribution is 7.89. The fraction of sp³-hybridized carbons (Fsp3) is 0.636. The van der Waals surface area contributed by atoms with Crippen molar-refractivity contribution in [2.75, 3.05) is 6.54 Å². The molecule has 1 saturated carbocycles. The summed E-state index contributed by atoms with van der Waals surface area (Å²) in [7, 11) is -3.44. The van der Waals surface area contributed by atoms with Crippen LogP contribution in [0.2, 0.25) is 0 Å². The number of aliphatic hydroxyl groups excluding tert-OH is 1. The summed E-state index contributed by atoms with van der Waals surface area (Å²) in [4.78, 5) is 0.722. The molecule has 96 valence electrons. The SMILES string of the molecule is O=S(=O)(NCCC1CCC1)c1ccsc1CO. The van der Waals surface area contributed by atoms with Gasteiger partial charge in [0.2, 0.25) is 10.0 Å². The van der Waals surface area contributed by atoms with Gasteiger partial charge in [0.05, 0.1) is 11.5 Å². The molecule has 1 aliphatic carbocycles. The Hall–Kier alpha value is -0.430. The summed E-state index contributed by atoms with van der Waals surface area (Å²) in [6, 6.07) is 1.54. The zero-order chi connectivity index (χ0) is 12.3. The first-order valence-corrected chi connectivity index (χ1v) is 8.16. The van der Waals surface area contributed by atoms with E-state index in [1.165, 1.54) is 30.6 Å². The number of hydrogen-bond acceptors (Lipinski definition) is 4. The lowest BCUT2D eigenvalue weighted by molar-refractivity contribution is 0.282. The fourth-order valence-corrected chi connectivity index (χ4v) is 4.28. The number of hydrogen-bond donors (Lipinski definition) is 2. The predicted molar refractivity (Wildman–Crippen MR) is 67.4 cm³/mol. The Bertz CT molecular complexity index is 463. The molecule has 1 heterocycles. The van der Waals surface area contributed by atoms with Crippen LogP contribution in [-0.2, 0) is 16.6 Å². The van der Waals surface area contributed by atoms with Gasteiger partial charge in [-0.05, 0) is 23.8 Å². The van der Waals surface area contributed by atoms with Crippen LogP contribution in [0.4, 0.5) is 0 Å². The Labute approximate surface area is 106 Å². The second-order valence-corrected chi connectivity index (χ2v) is 7.09. The first-order valence-electron chi connectivity index (χ1n) is 5.80. The summed E-state index contributed by atoms with van der Waals surface area (Å²) in [6.45, 7) is 0.268. The molecule has 0 amide bonds. The number of aliphatic hydroxyl groups is 1. The van der Waals surface area contributed by atoms with Crippen LogP contribution in [0, 0.1) is 5.92 Å². The first kappa shape index (κ1) is 13.0. The Morgan fingerprint density at radius 3 is 2.82 bits per heavy atom. The average molecular weight is 275 g/mol. The fourth-order valence-electron chi connectivity index (χ4n) is 1.94. The topological polar surface area (TPSA) is 66.4 Å². The van der Waals surface area contributed by atoms with Crippen LogP contribution in [-0.4, -0.2) is 20.1 Å². The molecule has 1 fully saturated rings. The third-order valence-corrected chi connectivity index (χ3v) is 5.79. The molecule has 1 aromatic rings. The minimum atomic E-state index is -3.44. The molecular weight excluding hydrogens is 258 g/mol. The van der Waals surface area contributed by atoms with E-state index in [1.54, 1.807) is 11.4 Å². The van der Waals surface area contributed by atoms with E-state index >= 15 is 0 Å². The van der Waals surface area contributed by atoms with Gasteiger partial charge in [-0.1, -0.05) is 19.3 Å². The molecule has 4 nitrogen and oxygen atoms in total. The lowest BCUT2D eigenvalue weighted by Crippen LogP contribution is -2.27. The zero-order valence-electron chi connectivity index (χ0n) is 9.55. The van der Waals surface area contributed by atoms with E-state index < -0.39 is 10.0 Å². The van der Waals surface area contributed by atoms with Gasteiger partial charge in [-0.3, -0.25) is 0 Å². The quantitative estimate of drug-likeness (QED) is 0.830. The summed E-state index contributed by atoms with van der Waals surface area (Å²) < 4.78 is 26.5. The largest absolute Gasteiger partial charge is 0.391 e. The molecule has 1 aliphatic rings. The molecule has 1 aromatic heterocycles. The van der Waals surface area contributed by atoms with Gasteiger partial charge in [0.25, 0.3) is 0 Å². The number of sulfonamides is 1. The second-order valence-electron chi connectivity index (χ2n) is 4.35. The Morgan fingerprint density at radius 2 is 2.24 bits per heavy atom. The standard InChI is InChI=1S/C11H17NO3S2/c13-8-10-11(5-7-16-10)17(14,15)12-6-4-9-2-1-3-9/h5,7,9,12-13H,1-4,6,8H2. The monoisotopic (exact) mass is 275 g/mol. The summed E-state index contributed by atoms with van der Waals surface area (Å²) in [5.74, 6) is 0.692. The van der Waals surface area contributed by atoms with Crippen molar-refractivity contribution in [1.82, 2.24) is 4.72 Å². The summed E-state index contributed by atoms with van der Waals surface area (Å²) in [5, 5.41) is 10.7. The highest BCUT2D eigenvalue weighted by Crippen LogP contribution is 2.29. The van der Waals surface area contributed by atoms with E-state index in [2.05, 4.69) is 4.72 Å². The normalized spacial score (nSPS) is 17.0.